The van der Waals surface area contributed by atoms with Gasteiger partial charge in [-0.25, -0.2) is 9.97 Å². The van der Waals surface area contributed by atoms with Crippen molar-refractivity contribution >= 4 is 5.95 Å². The van der Waals surface area contributed by atoms with Crippen LogP contribution in [0.3, 0.4) is 0 Å². The number of rotatable bonds is 2. The van der Waals surface area contributed by atoms with Crippen molar-refractivity contribution < 1.29 is 5.11 Å². The summed E-state index contributed by atoms with van der Waals surface area (Å²) in [6.45, 7) is 5.85. The van der Waals surface area contributed by atoms with Gasteiger partial charge in [-0.05, 0) is 42.9 Å². The maximum atomic E-state index is 10.9. The second-order valence-electron chi connectivity index (χ2n) is 7.35. The van der Waals surface area contributed by atoms with Crippen molar-refractivity contribution in [3.05, 3.63) is 52.8 Å². The molecule has 25 heavy (non-hydrogen) atoms. The van der Waals surface area contributed by atoms with Gasteiger partial charge in [0.2, 0.25) is 5.95 Å². The van der Waals surface area contributed by atoms with Gasteiger partial charge in [-0.2, -0.15) is 0 Å². The van der Waals surface area contributed by atoms with Crippen LogP contribution in [0.4, 0.5) is 5.95 Å². The smallest absolute Gasteiger partial charge is 0.225 e. The number of nitrogens with two attached hydrogens (primary N) is 1. The maximum Gasteiger partial charge on any atom is 0.225 e. The van der Waals surface area contributed by atoms with Crippen molar-refractivity contribution in [1.82, 2.24) is 9.97 Å². The van der Waals surface area contributed by atoms with Gasteiger partial charge in [-0.1, -0.05) is 31.2 Å². The number of aryl methyl sites for hydroxylation is 2. The summed E-state index contributed by atoms with van der Waals surface area (Å²) in [6.07, 6.45) is 4.06. The molecule has 0 amide bonds. The van der Waals surface area contributed by atoms with Gasteiger partial charge in [-0.15, -0.1) is 0 Å². The van der Waals surface area contributed by atoms with Crippen molar-refractivity contribution in [3.63, 3.8) is 0 Å². The summed E-state index contributed by atoms with van der Waals surface area (Å²) < 4.78 is 0. The van der Waals surface area contributed by atoms with E-state index in [9.17, 15) is 5.11 Å². The average Bonchev–Trinajstić information content (AvgIpc) is 2.86. The number of hydrogen-bond acceptors (Lipinski definition) is 5. The van der Waals surface area contributed by atoms with Gasteiger partial charge in [-0.3, -0.25) is 0 Å². The number of nitrogens with zero attached hydrogens (tertiary/aromatic N) is 3. The molecule has 5 heteroatoms. The van der Waals surface area contributed by atoms with E-state index in [1.54, 1.807) is 0 Å². The molecule has 4 rings (SSSR count). The summed E-state index contributed by atoms with van der Waals surface area (Å²) in [7, 11) is 0. The molecule has 1 saturated heterocycles. The van der Waals surface area contributed by atoms with Gasteiger partial charge in [0.1, 0.15) is 0 Å². The molecule has 2 aromatic rings. The Morgan fingerprint density at radius 2 is 2.00 bits per heavy atom. The minimum atomic E-state index is -0.516. The summed E-state index contributed by atoms with van der Waals surface area (Å²) >= 11 is 0. The summed E-state index contributed by atoms with van der Waals surface area (Å²) in [5.74, 6) is 0.808. The van der Waals surface area contributed by atoms with Crippen LogP contribution in [0, 0.1) is 6.92 Å². The van der Waals surface area contributed by atoms with Crippen molar-refractivity contribution in [2.24, 2.45) is 5.73 Å². The van der Waals surface area contributed by atoms with E-state index in [-0.39, 0.29) is 11.5 Å². The lowest BCUT2D eigenvalue weighted by Gasteiger charge is -2.42. The van der Waals surface area contributed by atoms with E-state index in [0.717, 1.165) is 55.1 Å². The lowest BCUT2D eigenvalue weighted by molar-refractivity contribution is 0.0582. The molecule has 1 fully saturated rings. The van der Waals surface area contributed by atoms with Gasteiger partial charge in [0, 0.05) is 30.4 Å². The fraction of sp³-hybridized carbons (Fsp3) is 0.500. The van der Waals surface area contributed by atoms with Crippen LogP contribution in [0.25, 0.3) is 0 Å². The molecule has 0 radical (unpaired) electrons. The van der Waals surface area contributed by atoms with E-state index in [4.69, 9.17) is 10.7 Å². The highest BCUT2D eigenvalue weighted by Crippen LogP contribution is 2.50. The molecule has 1 aliphatic carbocycles. The van der Waals surface area contributed by atoms with Crippen LogP contribution >= 0.6 is 0 Å². The lowest BCUT2D eigenvalue weighted by atomic mass is 9.72. The number of benzene rings is 1. The molecule has 2 heterocycles. The molecule has 2 aliphatic rings. The fourth-order valence-corrected chi connectivity index (χ4v) is 4.56. The molecule has 1 aromatic heterocycles. The zero-order chi connectivity index (χ0) is 17.6. The highest BCUT2D eigenvalue weighted by Gasteiger charge is 2.51. The molecule has 1 spiro atoms. The topological polar surface area (TPSA) is 75.3 Å². The Hall–Kier alpha value is -1.98. The molecular weight excluding hydrogens is 312 g/mol. The monoisotopic (exact) mass is 338 g/mol. The fourth-order valence-electron chi connectivity index (χ4n) is 4.56. The molecule has 0 saturated carbocycles. The number of hydrogen-bond donors (Lipinski definition) is 2. The number of piperidine rings is 1. The molecule has 0 bridgehead atoms. The van der Waals surface area contributed by atoms with E-state index in [1.165, 1.54) is 5.56 Å². The predicted octanol–water partition coefficient (Wildman–Crippen LogP) is 2.26. The van der Waals surface area contributed by atoms with Gasteiger partial charge in [0.25, 0.3) is 0 Å². The van der Waals surface area contributed by atoms with Crippen molar-refractivity contribution in [3.8, 4) is 0 Å². The number of aromatic nitrogens is 2. The van der Waals surface area contributed by atoms with Crippen molar-refractivity contribution in [2.75, 3.05) is 18.0 Å². The van der Waals surface area contributed by atoms with Gasteiger partial charge >= 0.3 is 0 Å². The Bertz CT molecular complexity index is 783. The first kappa shape index (κ1) is 16.5. The summed E-state index contributed by atoms with van der Waals surface area (Å²) in [5.41, 5.74) is 10.7. The van der Waals surface area contributed by atoms with Gasteiger partial charge in [0.05, 0.1) is 12.1 Å². The van der Waals surface area contributed by atoms with Crippen LogP contribution in [0.2, 0.25) is 0 Å². The van der Waals surface area contributed by atoms with Crippen molar-refractivity contribution in [2.45, 2.75) is 50.7 Å². The number of anilines is 1. The molecule has 1 aliphatic heterocycles. The third-order valence-corrected chi connectivity index (χ3v) is 6.10. The Balaban J connectivity index is 1.60. The van der Waals surface area contributed by atoms with E-state index in [1.807, 2.05) is 18.3 Å². The molecule has 132 valence electrons. The first-order chi connectivity index (χ1) is 12.1. The Morgan fingerprint density at radius 1 is 1.28 bits per heavy atom. The Kier molecular flexibility index (Phi) is 4.01. The minimum absolute atomic E-state index is 0.231. The predicted molar refractivity (Wildman–Crippen MR) is 98.6 cm³/mol. The minimum Gasteiger partial charge on any atom is -0.390 e. The van der Waals surface area contributed by atoms with Gasteiger partial charge < -0.3 is 15.7 Å². The highest BCUT2D eigenvalue weighted by molar-refractivity contribution is 5.46. The number of aliphatic hydroxyl groups excluding tert-OH is 1. The quantitative estimate of drug-likeness (QED) is 0.878. The number of fused-ring (bicyclic) bond motifs is 2. The standard InChI is InChI=1S/C20H26N4O/c1-3-16-13(2)12-22-19(23-16)24-10-8-20(9-11-24)15-7-5-4-6-14(15)17(21)18(20)25/h4-7,12,17-18,25H,3,8-11,21H2,1-2H3/t17-,18+/m1/s1. The molecule has 1 aromatic carbocycles. The van der Waals surface area contributed by atoms with Crippen LogP contribution in [0.5, 0.6) is 0 Å². The first-order valence-corrected chi connectivity index (χ1v) is 9.17. The zero-order valence-electron chi connectivity index (χ0n) is 14.9. The number of aliphatic hydroxyl groups is 1. The van der Waals surface area contributed by atoms with Crippen LogP contribution < -0.4 is 10.6 Å². The largest absolute Gasteiger partial charge is 0.390 e. The van der Waals surface area contributed by atoms with Crippen LogP contribution in [0.15, 0.2) is 30.5 Å². The third-order valence-electron chi connectivity index (χ3n) is 6.10. The molecule has 3 N–H and O–H groups in total. The van der Waals surface area contributed by atoms with E-state index >= 15 is 0 Å². The molecular formula is C20H26N4O. The first-order valence-electron chi connectivity index (χ1n) is 9.17. The summed E-state index contributed by atoms with van der Waals surface area (Å²) in [6, 6.07) is 7.96. The van der Waals surface area contributed by atoms with E-state index < -0.39 is 6.10 Å². The zero-order valence-corrected chi connectivity index (χ0v) is 14.9. The normalized spacial score (nSPS) is 24.6. The molecule has 2 atom stereocenters. The summed E-state index contributed by atoms with van der Waals surface area (Å²) in [4.78, 5) is 11.5. The summed E-state index contributed by atoms with van der Waals surface area (Å²) in [5, 5.41) is 10.9. The SMILES string of the molecule is CCc1nc(N2CCC3(CC2)c2ccccc2[C@@H](N)[C@@H]3O)ncc1C. The highest BCUT2D eigenvalue weighted by atomic mass is 16.3. The molecule has 5 nitrogen and oxygen atoms in total. The van der Waals surface area contributed by atoms with Crippen LogP contribution in [-0.2, 0) is 11.8 Å². The van der Waals surface area contributed by atoms with Crippen LogP contribution in [-0.4, -0.2) is 34.3 Å². The lowest BCUT2D eigenvalue weighted by Crippen LogP contribution is -2.49. The Labute approximate surface area is 148 Å². The van der Waals surface area contributed by atoms with Crippen LogP contribution in [0.1, 0.15) is 48.2 Å². The van der Waals surface area contributed by atoms with Crippen molar-refractivity contribution in [1.29, 1.82) is 0 Å². The second kappa shape index (κ2) is 6.07. The third kappa shape index (κ3) is 2.45. The second-order valence-corrected chi connectivity index (χ2v) is 7.35. The maximum absolute atomic E-state index is 10.9. The van der Waals surface area contributed by atoms with E-state index in [2.05, 4.69) is 35.9 Å². The molecule has 0 unspecified atom stereocenters. The Morgan fingerprint density at radius 3 is 2.72 bits per heavy atom. The average molecular weight is 338 g/mol. The van der Waals surface area contributed by atoms with E-state index in [0.29, 0.717) is 0 Å². The van der Waals surface area contributed by atoms with Gasteiger partial charge in [0.15, 0.2) is 0 Å².